The Kier molecular flexibility index (Phi) is 5.75. The van der Waals surface area contributed by atoms with Gasteiger partial charge >= 0.3 is 0 Å². The number of fused-ring (bicyclic) bond motifs is 1. The number of rotatable bonds is 6. The summed E-state index contributed by atoms with van der Waals surface area (Å²) in [6, 6.07) is 7.13. The van der Waals surface area contributed by atoms with Crippen molar-refractivity contribution in [3.8, 4) is 0 Å². The van der Waals surface area contributed by atoms with Crippen LogP contribution in [0.4, 0.5) is 0 Å². The second-order valence-electron chi connectivity index (χ2n) is 6.51. The molecule has 1 unspecified atom stereocenters. The van der Waals surface area contributed by atoms with E-state index in [1.165, 1.54) is 0 Å². The van der Waals surface area contributed by atoms with Crippen LogP contribution in [0.25, 0.3) is 10.9 Å². The second-order valence-corrected chi connectivity index (χ2v) is 6.51. The van der Waals surface area contributed by atoms with Crippen molar-refractivity contribution >= 4 is 16.8 Å². The van der Waals surface area contributed by atoms with E-state index in [4.69, 9.17) is 4.98 Å². The number of hydrogen-bond acceptors (Lipinski definition) is 3. The minimum atomic E-state index is -0.239. The van der Waals surface area contributed by atoms with Crippen LogP contribution in [-0.4, -0.2) is 26.9 Å². The highest BCUT2D eigenvalue weighted by molar-refractivity contribution is 5.78. The first-order chi connectivity index (χ1) is 11.4. The van der Waals surface area contributed by atoms with Gasteiger partial charge in [0.15, 0.2) is 0 Å². The van der Waals surface area contributed by atoms with Gasteiger partial charge in [0, 0.05) is 19.5 Å². The molecule has 1 heterocycles. The van der Waals surface area contributed by atoms with E-state index in [9.17, 15) is 9.59 Å². The lowest BCUT2D eigenvalue weighted by Gasteiger charge is -2.31. The van der Waals surface area contributed by atoms with Gasteiger partial charge in [-0.25, -0.2) is 4.98 Å². The molecule has 2 aromatic rings. The molecule has 5 nitrogen and oxygen atoms in total. The largest absolute Gasteiger partial charge is 0.333 e. The van der Waals surface area contributed by atoms with Crippen LogP contribution in [0.3, 0.4) is 0 Å². The normalized spacial score (nSPS) is 12.6. The van der Waals surface area contributed by atoms with Crippen LogP contribution in [0.2, 0.25) is 0 Å². The minimum absolute atomic E-state index is 0.0432. The average molecular weight is 329 g/mol. The molecule has 1 aromatic heterocycles. The molecule has 1 aromatic carbocycles. The lowest BCUT2D eigenvalue weighted by atomic mass is 10.1. The molecule has 0 N–H and O–H groups in total. The fraction of sp³-hybridized carbons (Fsp3) is 0.526. The molecule has 0 aliphatic carbocycles. The van der Waals surface area contributed by atoms with E-state index in [-0.39, 0.29) is 17.5 Å². The molecule has 0 aliphatic rings. The highest BCUT2D eigenvalue weighted by atomic mass is 16.2. The van der Waals surface area contributed by atoms with Gasteiger partial charge in [0.2, 0.25) is 5.91 Å². The van der Waals surface area contributed by atoms with Gasteiger partial charge in [0.05, 0.1) is 16.9 Å². The Morgan fingerprint density at radius 1 is 1.21 bits per heavy atom. The number of benzene rings is 1. The van der Waals surface area contributed by atoms with Gasteiger partial charge in [0.25, 0.3) is 5.56 Å². The van der Waals surface area contributed by atoms with Crippen molar-refractivity contribution < 1.29 is 4.79 Å². The van der Waals surface area contributed by atoms with Gasteiger partial charge in [-0.15, -0.1) is 0 Å². The van der Waals surface area contributed by atoms with Gasteiger partial charge < -0.3 is 4.90 Å². The van der Waals surface area contributed by atoms with Gasteiger partial charge in [-0.1, -0.05) is 32.9 Å². The molecule has 130 valence electrons. The Morgan fingerprint density at radius 3 is 2.46 bits per heavy atom. The summed E-state index contributed by atoms with van der Waals surface area (Å²) in [4.78, 5) is 31.8. The fourth-order valence-corrected chi connectivity index (χ4v) is 3.02. The summed E-state index contributed by atoms with van der Waals surface area (Å²) in [5.74, 6) is 1.09. The molecule has 0 spiro atoms. The van der Waals surface area contributed by atoms with Crippen LogP contribution in [0.1, 0.15) is 52.9 Å². The quantitative estimate of drug-likeness (QED) is 0.816. The van der Waals surface area contributed by atoms with E-state index in [2.05, 4.69) is 13.8 Å². The number of para-hydroxylation sites is 1. The van der Waals surface area contributed by atoms with Crippen LogP contribution < -0.4 is 5.56 Å². The van der Waals surface area contributed by atoms with Gasteiger partial charge in [-0.2, -0.15) is 0 Å². The zero-order chi connectivity index (χ0) is 17.9. The lowest BCUT2D eigenvalue weighted by molar-refractivity contribution is -0.133. The molecular weight excluding hydrogens is 302 g/mol. The summed E-state index contributed by atoms with van der Waals surface area (Å²) in [5, 5.41) is 0.618. The van der Waals surface area contributed by atoms with E-state index < -0.39 is 0 Å². The third-order valence-corrected chi connectivity index (χ3v) is 4.23. The van der Waals surface area contributed by atoms with E-state index in [0.717, 1.165) is 0 Å². The third kappa shape index (κ3) is 3.50. The fourth-order valence-electron chi connectivity index (χ4n) is 3.02. The first kappa shape index (κ1) is 18.2. The highest BCUT2D eigenvalue weighted by Gasteiger charge is 2.25. The second kappa shape index (κ2) is 7.60. The number of nitrogens with zero attached hydrogens (tertiary/aromatic N) is 3. The molecule has 0 saturated heterocycles. The number of hydrogen-bond donors (Lipinski definition) is 0. The smallest absolute Gasteiger partial charge is 0.261 e. The summed E-state index contributed by atoms with van der Waals surface area (Å²) in [6.07, 6.45) is 0.445. The molecule has 2 rings (SSSR count). The lowest BCUT2D eigenvalue weighted by Crippen LogP contribution is -2.39. The summed E-state index contributed by atoms with van der Waals surface area (Å²) in [6.45, 7) is 11.1. The molecule has 5 heteroatoms. The Bertz CT molecular complexity index is 780. The van der Waals surface area contributed by atoms with Crippen LogP contribution in [0, 0.1) is 5.92 Å². The number of amides is 1. The van der Waals surface area contributed by atoms with Crippen molar-refractivity contribution in [2.24, 2.45) is 5.92 Å². The maximum absolute atomic E-state index is 12.8. The van der Waals surface area contributed by atoms with Crippen LogP contribution in [-0.2, 0) is 11.3 Å². The van der Waals surface area contributed by atoms with Gasteiger partial charge in [0.1, 0.15) is 5.82 Å². The van der Waals surface area contributed by atoms with Crippen molar-refractivity contribution in [3.63, 3.8) is 0 Å². The first-order valence-corrected chi connectivity index (χ1v) is 8.69. The molecule has 0 saturated carbocycles. The number of aromatic nitrogens is 2. The van der Waals surface area contributed by atoms with Crippen molar-refractivity contribution in [3.05, 3.63) is 40.4 Å². The van der Waals surface area contributed by atoms with Crippen molar-refractivity contribution in [1.82, 2.24) is 14.5 Å². The van der Waals surface area contributed by atoms with E-state index in [0.29, 0.717) is 42.2 Å². The Morgan fingerprint density at radius 2 is 1.88 bits per heavy atom. The van der Waals surface area contributed by atoms with Gasteiger partial charge in [-0.05, 0) is 31.9 Å². The Balaban J connectivity index is 2.60. The van der Waals surface area contributed by atoms with Crippen molar-refractivity contribution in [2.75, 3.05) is 6.54 Å². The topological polar surface area (TPSA) is 55.2 Å². The predicted molar refractivity (Wildman–Crippen MR) is 96.9 cm³/mol. The van der Waals surface area contributed by atoms with E-state index >= 15 is 0 Å². The Hall–Kier alpha value is -2.17. The monoisotopic (exact) mass is 329 g/mol. The maximum Gasteiger partial charge on any atom is 0.261 e. The van der Waals surface area contributed by atoms with Crippen LogP contribution in [0.15, 0.2) is 29.1 Å². The molecule has 24 heavy (non-hydrogen) atoms. The van der Waals surface area contributed by atoms with Crippen molar-refractivity contribution in [1.29, 1.82) is 0 Å². The standard InChI is InChI=1S/C19H27N3O2/c1-6-17(23)22(12-13(3)4)14(5)18-20-16-11-9-8-10-15(16)19(24)21(18)7-2/h8-11,13-14H,6-7,12H2,1-5H3. The number of carbonyl (C=O) groups is 1. The molecule has 1 amide bonds. The van der Waals surface area contributed by atoms with Gasteiger partial charge in [-0.3, -0.25) is 14.2 Å². The molecule has 1 atom stereocenters. The summed E-state index contributed by atoms with van der Waals surface area (Å²) in [7, 11) is 0. The third-order valence-electron chi connectivity index (χ3n) is 4.23. The summed E-state index contributed by atoms with van der Waals surface area (Å²) >= 11 is 0. The molecule has 0 fully saturated rings. The molecule has 0 bridgehead atoms. The average Bonchev–Trinajstić information content (AvgIpc) is 2.58. The zero-order valence-corrected chi connectivity index (χ0v) is 15.2. The van der Waals surface area contributed by atoms with Crippen LogP contribution in [0.5, 0.6) is 0 Å². The SMILES string of the molecule is CCC(=O)N(CC(C)C)C(C)c1nc2ccccc2c(=O)n1CC. The molecule has 0 radical (unpaired) electrons. The van der Waals surface area contributed by atoms with E-state index in [1.54, 1.807) is 10.6 Å². The summed E-state index contributed by atoms with van der Waals surface area (Å²) < 4.78 is 1.68. The van der Waals surface area contributed by atoms with Crippen molar-refractivity contribution in [2.45, 2.75) is 53.6 Å². The van der Waals surface area contributed by atoms with E-state index in [1.807, 2.05) is 43.9 Å². The molecular formula is C19H27N3O2. The number of carbonyl (C=O) groups excluding carboxylic acids is 1. The predicted octanol–water partition coefficient (Wildman–Crippen LogP) is 3.37. The van der Waals surface area contributed by atoms with Crippen LogP contribution >= 0.6 is 0 Å². The summed E-state index contributed by atoms with van der Waals surface area (Å²) in [5.41, 5.74) is 0.640. The zero-order valence-electron chi connectivity index (χ0n) is 15.2. The highest BCUT2D eigenvalue weighted by Crippen LogP contribution is 2.22. The first-order valence-electron chi connectivity index (χ1n) is 8.69. The maximum atomic E-state index is 12.8. The minimum Gasteiger partial charge on any atom is -0.333 e. The Labute approximate surface area is 143 Å². The molecule has 0 aliphatic heterocycles.